The lowest BCUT2D eigenvalue weighted by molar-refractivity contribution is -0.137. The molecule has 1 heterocycles. The molecule has 0 aromatic rings. The van der Waals surface area contributed by atoms with E-state index in [9.17, 15) is 9.59 Å². The van der Waals surface area contributed by atoms with Crippen molar-refractivity contribution in [2.45, 2.75) is 6.92 Å². The highest BCUT2D eigenvalue weighted by Gasteiger charge is 2.23. The van der Waals surface area contributed by atoms with Crippen molar-refractivity contribution in [2.24, 2.45) is 0 Å². The number of amides is 2. The van der Waals surface area contributed by atoms with E-state index in [-0.39, 0.29) is 12.0 Å². The van der Waals surface area contributed by atoms with Gasteiger partial charge in [0.05, 0.1) is 6.61 Å². The van der Waals surface area contributed by atoms with Gasteiger partial charge in [0.1, 0.15) is 0 Å². The summed E-state index contributed by atoms with van der Waals surface area (Å²) in [5.74, 6) is -0.359. The van der Waals surface area contributed by atoms with Gasteiger partial charge >= 0.3 is 12.0 Å². The minimum atomic E-state index is -0.359. The van der Waals surface area contributed by atoms with Crippen molar-refractivity contribution < 1.29 is 14.3 Å². The average Bonchev–Trinajstić information content (AvgIpc) is 2.70. The molecule has 0 aliphatic carbocycles. The van der Waals surface area contributed by atoms with Gasteiger partial charge < -0.3 is 4.74 Å². The van der Waals surface area contributed by atoms with Crippen molar-refractivity contribution in [3.05, 3.63) is 38.2 Å². The van der Waals surface area contributed by atoms with Crippen molar-refractivity contribution >= 4 is 12.0 Å². The van der Waals surface area contributed by atoms with Crippen LogP contribution in [0.15, 0.2) is 38.2 Å². The fourth-order valence-corrected chi connectivity index (χ4v) is 1.11. The molecule has 17 heavy (non-hydrogen) atoms. The summed E-state index contributed by atoms with van der Waals surface area (Å²) in [5, 5.41) is 0. The molecule has 1 aliphatic heterocycles. The Morgan fingerprint density at radius 2 is 1.76 bits per heavy atom. The van der Waals surface area contributed by atoms with Crippen LogP contribution in [0.2, 0.25) is 0 Å². The SMILES string of the molecule is C=CC(=O)OCC.C=CN1CCN(C=C)C1=O. The zero-order valence-corrected chi connectivity index (χ0v) is 10.1. The molecule has 1 saturated heterocycles. The minimum Gasteiger partial charge on any atom is -0.463 e. The molecule has 5 nitrogen and oxygen atoms in total. The molecule has 0 bridgehead atoms. The van der Waals surface area contributed by atoms with Crippen LogP contribution in [0.5, 0.6) is 0 Å². The van der Waals surface area contributed by atoms with Crippen LogP contribution >= 0.6 is 0 Å². The van der Waals surface area contributed by atoms with E-state index in [1.807, 2.05) is 0 Å². The third-order valence-corrected chi connectivity index (χ3v) is 1.97. The number of ether oxygens (including phenoxy) is 1. The fraction of sp³-hybridized carbons (Fsp3) is 0.333. The summed E-state index contributed by atoms with van der Waals surface area (Å²) < 4.78 is 4.43. The van der Waals surface area contributed by atoms with Crippen LogP contribution in [-0.2, 0) is 9.53 Å². The van der Waals surface area contributed by atoms with Gasteiger partial charge in [0.25, 0.3) is 0 Å². The molecule has 0 radical (unpaired) electrons. The smallest absolute Gasteiger partial charge is 0.330 e. The maximum Gasteiger partial charge on any atom is 0.330 e. The van der Waals surface area contributed by atoms with Gasteiger partial charge in [0, 0.05) is 31.6 Å². The Balaban J connectivity index is 0.000000325. The van der Waals surface area contributed by atoms with Gasteiger partial charge in [0.2, 0.25) is 0 Å². The summed E-state index contributed by atoms with van der Waals surface area (Å²) in [5.41, 5.74) is 0. The van der Waals surface area contributed by atoms with E-state index in [0.717, 1.165) is 6.08 Å². The molecule has 2 amide bonds. The first-order valence-corrected chi connectivity index (χ1v) is 5.22. The van der Waals surface area contributed by atoms with Crippen LogP contribution in [0.3, 0.4) is 0 Å². The number of esters is 1. The second-order valence-corrected chi connectivity index (χ2v) is 2.99. The normalized spacial score (nSPS) is 13.6. The largest absolute Gasteiger partial charge is 0.463 e. The number of nitrogens with zero attached hydrogens (tertiary/aromatic N) is 2. The zero-order valence-electron chi connectivity index (χ0n) is 10.1. The van der Waals surface area contributed by atoms with Gasteiger partial charge in [-0.05, 0) is 6.92 Å². The standard InChI is InChI=1S/C7H10N2O.C5H8O2/c1-3-8-5-6-9(4-2)7(8)10;1-3-5(6)7-4-2/h3-4H,1-2,5-6H2;3H,1,4H2,2H3. The highest BCUT2D eigenvalue weighted by Crippen LogP contribution is 2.07. The van der Waals surface area contributed by atoms with Gasteiger partial charge in [-0.3, -0.25) is 9.80 Å². The molecule has 0 unspecified atom stereocenters. The average molecular weight is 238 g/mol. The van der Waals surface area contributed by atoms with E-state index in [0.29, 0.717) is 19.7 Å². The highest BCUT2D eigenvalue weighted by atomic mass is 16.5. The van der Waals surface area contributed by atoms with Crippen molar-refractivity contribution in [2.75, 3.05) is 19.7 Å². The molecule has 0 N–H and O–H groups in total. The first-order chi connectivity index (χ1) is 8.10. The zero-order chi connectivity index (χ0) is 13.3. The first-order valence-electron chi connectivity index (χ1n) is 5.22. The molecule has 1 fully saturated rings. The van der Waals surface area contributed by atoms with E-state index in [1.54, 1.807) is 16.7 Å². The monoisotopic (exact) mass is 238 g/mol. The summed E-state index contributed by atoms with van der Waals surface area (Å²) in [6, 6.07) is -0.0370. The maximum absolute atomic E-state index is 11.1. The Morgan fingerprint density at radius 3 is 1.94 bits per heavy atom. The summed E-state index contributed by atoms with van der Waals surface area (Å²) in [4.78, 5) is 24.3. The molecule has 0 saturated carbocycles. The lowest BCUT2D eigenvalue weighted by atomic mass is 10.6. The molecule has 1 rings (SSSR count). The van der Waals surface area contributed by atoms with Crippen LogP contribution in [0.1, 0.15) is 6.92 Å². The Bertz CT molecular complexity index is 295. The van der Waals surface area contributed by atoms with Crippen molar-refractivity contribution in [1.29, 1.82) is 0 Å². The number of hydrogen-bond acceptors (Lipinski definition) is 3. The molecule has 0 spiro atoms. The Hall–Kier alpha value is -2.04. The van der Waals surface area contributed by atoms with E-state index < -0.39 is 0 Å². The molecular weight excluding hydrogens is 220 g/mol. The summed E-state index contributed by atoms with van der Waals surface area (Å²) >= 11 is 0. The number of carbonyl (C=O) groups is 2. The van der Waals surface area contributed by atoms with Crippen molar-refractivity contribution in [1.82, 2.24) is 9.80 Å². The number of hydrogen-bond donors (Lipinski definition) is 0. The molecule has 5 heteroatoms. The van der Waals surface area contributed by atoms with Crippen LogP contribution < -0.4 is 0 Å². The third-order valence-electron chi connectivity index (χ3n) is 1.97. The van der Waals surface area contributed by atoms with E-state index in [4.69, 9.17) is 0 Å². The van der Waals surface area contributed by atoms with E-state index in [2.05, 4.69) is 24.5 Å². The molecule has 0 atom stereocenters. The summed E-state index contributed by atoms with van der Waals surface area (Å²) in [6.45, 7) is 13.8. The van der Waals surface area contributed by atoms with E-state index in [1.165, 1.54) is 12.4 Å². The van der Waals surface area contributed by atoms with Gasteiger partial charge in [-0.25, -0.2) is 9.59 Å². The molecule has 0 aromatic heterocycles. The second kappa shape index (κ2) is 8.15. The molecule has 0 aromatic carbocycles. The predicted octanol–water partition coefficient (Wildman–Crippen LogP) is 1.75. The molecular formula is C12H18N2O3. The lowest BCUT2D eigenvalue weighted by Crippen LogP contribution is -2.23. The van der Waals surface area contributed by atoms with Crippen LogP contribution in [0.25, 0.3) is 0 Å². The highest BCUT2D eigenvalue weighted by molar-refractivity contribution is 5.81. The summed E-state index contributed by atoms with van der Waals surface area (Å²) in [6.07, 6.45) is 4.21. The van der Waals surface area contributed by atoms with Gasteiger partial charge in [0.15, 0.2) is 0 Å². The lowest BCUT2D eigenvalue weighted by Gasteiger charge is -2.09. The van der Waals surface area contributed by atoms with E-state index >= 15 is 0 Å². The fourth-order valence-electron chi connectivity index (χ4n) is 1.11. The first kappa shape index (κ1) is 15.0. The maximum atomic E-state index is 11.1. The van der Waals surface area contributed by atoms with Crippen LogP contribution in [0.4, 0.5) is 4.79 Å². The number of rotatable bonds is 4. The number of carbonyl (C=O) groups excluding carboxylic acids is 2. The molecule has 94 valence electrons. The Kier molecular flexibility index (Phi) is 7.17. The van der Waals surface area contributed by atoms with Gasteiger partial charge in [-0.1, -0.05) is 19.7 Å². The van der Waals surface area contributed by atoms with Crippen molar-refractivity contribution in [3.63, 3.8) is 0 Å². The quantitative estimate of drug-likeness (QED) is 0.553. The van der Waals surface area contributed by atoms with Gasteiger partial charge in [-0.15, -0.1) is 0 Å². The Morgan fingerprint density at radius 1 is 1.29 bits per heavy atom. The third kappa shape index (κ3) is 5.01. The van der Waals surface area contributed by atoms with Crippen LogP contribution in [0, 0.1) is 0 Å². The van der Waals surface area contributed by atoms with Crippen molar-refractivity contribution in [3.8, 4) is 0 Å². The second-order valence-electron chi connectivity index (χ2n) is 2.99. The predicted molar refractivity (Wildman–Crippen MR) is 66.0 cm³/mol. The molecule has 1 aliphatic rings. The Labute approximate surface area is 102 Å². The topological polar surface area (TPSA) is 49.9 Å². The van der Waals surface area contributed by atoms with Crippen LogP contribution in [-0.4, -0.2) is 41.5 Å². The summed E-state index contributed by atoms with van der Waals surface area (Å²) in [7, 11) is 0. The van der Waals surface area contributed by atoms with Gasteiger partial charge in [-0.2, -0.15) is 0 Å². The minimum absolute atomic E-state index is 0.0370. The number of urea groups is 1.